The molecule has 0 aromatic heterocycles. The second-order valence-corrected chi connectivity index (χ2v) is 9.53. The fourth-order valence-electron chi connectivity index (χ4n) is 5.22. The lowest BCUT2D eigenvalue weighted by atomic mass is 10.0. The number of amides is 3. The summed E-state index contributed by atoms with van der Waals surface area (Å²) in [5, 5.41) is 15.1. The number of rotatable bonds is 7. The number of piperidine rings is 2. The Labute approximate surface area is 210 Å². The predicted molar refractivity (Wildman–Crippen MR) is 131 cm³/mol. The van der Waals surface area contributed by atoms with Gasteiger partial charge < -0.3 is 15.0 Å². The lowest BCUT2D eigenvalue weighted by Crippen LogP contribution is -2.54. The number of ether oxygens (including phenoxy) is 1. The first kappa shape index (κ1) is 24.0. The fourth-order valence-corrected chi connectivity index (χ4v) is 5.22. The lowest BCUT2D eigenvalue weighted by Gasteiger charge is -2.38. The van der Waals surface area contributed by atoms with Crippen LogP contribution in [-0.4, -0.2) is 65.3 Å². The van der Waals surface area contributed by atoms with Crippen molar-refractivity contribution in [2.24, 2.45) is 0 Å². The number of carbonyl (C=O) groups excluding carboxylic acids is 3. The molecule has 2 fully saturated rings. The number of benzene rings is 2. The van der Waals surface area contributed by atoms with Gasteiger partial charge in [-0.2, -0.15) is 5.26 Å². The van der Waals surface area contributed by atoms with Crippen LogP contribution < -0.4 is 15.4 Å². The van der Waals surface area contributed by atoms with E-state index < -0.39 is 11.9 Å². The molecule has 9 nitrogen and oxygen atoms in total. The average Bonchev–Trinajstić information content (AvgIpc) is 3.20. The first-order valence-corrected chi connectivity index (χ1v) is 12.3. The first-order chi connectivity index (χ1) is 17.5. The van der Waals surface area contributed by atoms with Crippen molar-refractivity contribution in [3.63, 3.8) is 0 Å². The van der Waals surface area contributed by atoms with Crippen molar-refractivity contribution >= 4 is 17.7 Å². The summed E-state index contributed by atoms with van der Waals surface area (Å²) in [6, 6.07) is 17.3. The number of likely N-dealkylation sites (tertiary alicyclic amines) is 1. The Balaban J connectivity index is 1.29. The minimum absolute atomic E-state index is 0.106. The van der Waals surface area contributed by atoms with Crippen molar-refractivity contribution in [3.8, 4) is 11.8 Å². The van der Waals surface area contributed by atoms with Gasteiger partial charge in [0, 0.05) is 44.2 Å². The molecule has 2 aromatic carbocycles. The monoisotopic (exact) mass is 487 g/mol. The van der Waals surface area contributed by atoms with Crippen molar-refractivity contribution in [1.29, 1.82) is 5.26 Å². The van der Waals surface area contributed by atoms with Gasteiger partial charge in [0.1, 0.15) is 17.9 Å². The Bertz CT molecular complexity index is 1190. The smallest absolute Gasteiger partial charge is 0.255 e. The summed E-state index contributed by atoms with van der Waals surface area (Å²) in [4.78, 5) is 40.4. The Hall–Kier alpha value is -3.74. The molecule has 0 bridgehead atoms. The predicted octanol–water partition coefficient (Wildman–Crippen LogP) is 1.58. The van der Waals surface area contributed by atoms with Crippen LogP contribution in [0.4, 0.5) is 0 Å². The van der Waals surface area contributed by atoms with Gasteiger partial charge in [-0.3, -0.25) is 24.6 Å². The Morgan fingerprint density at radius 2 is 1.94 bits per heavy atom. The van der Waals surface area contributed by atoms with Crippen LogP contribution in [0, 0.1) is 11.3 Å². The van der Waals surface area contributed by atoms with E-state index in [9.17, 15) is 19.6 Å². The van der Waals surface area contributed by atoms with Crippen molar-refractivity contribution in [1.82, 2.24) is 20.4 Å². The van der Waals surface area contributed by atoms with E-state index in [-0.39, 0.29) is 30.4 Å². The topological polar surface area (TPSA) is 115 Å². The van der Waals surface area contributed by atoms with Crippen LogP contribution in [0.25, 0.3) is 0 Å². The third-order valence-electron chi connectivity index (χ3n) is 7.13. The van der Waals surface area contributed by atoms with E-state index in [4.69, 9.17) is 4.74 Å². The van der Waals surface area contributed by atoms with Gasteiger partial charge in [0.2, 0.25) is 11.8 Å². The number of nitrogens with one attached hydrogen (secondary N) is 2. The average molecular weight is 488 g/mol. The van der Waals surface area contributed by atoms with E-state index in [1.165, 1.54) is 10.5 Å². The van der Waals surface area contributed by atoms with Gasteiger partial charge in [0.05, 0.1) is 12.6 Å². The number of nitriles is 1. The minimum Gasteiger partial charge on any atom is -0.487 e. The molecule has 3 unspecified atom stereocenters. The van der Waals surface area contributed by atoms with Gasteiger partial charge in [-0.25, -0.2) is 0 Å². The molecule has 3 amide bonds. The van der Waals surface area contributed by atoms with Crippen LogP contribution in [0.5, 0.6) is 5.75 Å². The van der Waals surface area contributed by atoms with E-state index >= 15 is 0 Å². The summed E-state index contributed by atoms with van der Waals surface area (Å²) in [6.45, 7) is 2.82. The highest BCUT2D eigenvalue weighted by molar-refractivity contribution is 6.05. The van der Waals surface area contributed by atoms with Crippen LogP contribution in [0.2, 0.25) is 0 Å². The number of nitrogens with zero attached hydrogens (tertiary/aromatic N) is 3. The third-order valence-corrected chi connectivity index (χ3v) is 7.13. The number of imide groups is 1. The van der Waals surface area contributed by atoms with E-state index in [0.717, 1.165) is 25.1 Å². The van der Waals surface area contributed by atoms with Gasteiger partial charge in [0.25, 0.3) is 5.91 Å². The maximum atomic E-state index is 13.0. The summed E-state index contributed by atoms with van der Waals surface area (Å²) in [6.07, 6.45) is 1.24. The molecule has 186 valence electrons. The lowest BCUT2D eigenvalue weighted by molar-refractivity contribution is -0.136. The molecule has 3 atom stereocenters. The number of hydrogen-bond acceptors (Lipinski definition) is 7. The molecule has 2 saturated heterocycles. The van der Waals surface area contributed by atoms with Crippen molar-refractivity contribution in [2.45, 2.75) is 50.5 Å². The number of hydrogen-bond donors (Lipinski definition) is 2. The summed E-state index contributed by atoms with van der Waals surface area (Å²) in [5.41, 5.74) is 2.56. The standard InChI is InChI=1S/C27H29N5O4/c28-11-13-31-12-10-22(29-15-18-4-2-1-3-5-18)24(17-31)36-20-6-7-21-19(14-20)16-32(27(21)35)23-8-9-25(33)30-26(23)34/h1-7,14,22-24,29H,8-10,12-13,15-17H2,(H,30,33,34). The highest BCUT2D eigenvalue weighted by atomic mass is 16.5. The molecule has 9 heteroatoms. The van der Waals surface area contributed by atoms with Crippen molar-refractivity contribution in [3.05, 3.63) is 65.2 Å². The number of carbonyl (C=O) groups is 3. The Morgan fingerprint density at radius 1 is 1.11 bits per heavy atom. The molecule has 2 N–H and O–H groups in total. The van der Waals surface area contributed by atoms with Crippen LogP contribution in [-0.2, 0) is 22.7 Å². The molecule has 5 rings (SSSR count). The van der Waals surface area contributed by atoms with Crippen molar-refractivity contribution < 1.29 is 19.1 Å². The second-order valence-electron chi connectivity index (χ2n) is 9.53. The summed E-state index contributed by atoms with van der Waals surface area (Å²) >= 11 is 0. The normalized spacial score (nSPS) is 24.2. The van der Waals surface area contributed by atoms with Crippen LogP contribution in [0.3, 0.4) is 0 Å². The maximum Gasteiger partial charge on any atom is 0.255 e. The van der Waals surface area contributed by atoms with Gasteiger partial charge >= 0.3 is 0 Å². The summed E-state index contributed by atoms with van der Waals surface area (Å²) in [7, 11) is 0. The first-order valence-electron chi connectivity index (χ1n) is 12.3. The molecule has 3 aliphatic heterocycles. The molecule has 2 aromatic rings. The molecule has 3 heterocycles. The molecular weight excluding hydrogens is 458 g/mol. The maximum absolute atomic E-state index is 13.0. The second kappa shape index (κ2) is 10.5. The largest absolute Gasteiger partial charge is 0.487 e. The van der Waals surface area contributed by atoms with Gasteiger partial charge in [-0.1, -0.05) is 30.3 Å². The highest BCUT2D eigenvalue weighted by Gasteiger charge is 2.39. The highest BCUT2D eigenvalue weighted by Crippen LogP contribution is 2.31. The Kier molecular flexibility index (Phi) is 6.98. The van der Waals surface area contributed by atoms with E-state index in [1.54, 1.807) is 12.1 Å². The Morgan fingerprint density at radius 3 is 2.72 bits per heavy atom. The SMILES string of the molecule is N#CCN1CCC(NCc2ccccc2)C(Oc2ccc3c(c2)CN(C2CCC(=O)NC2=O)C3=O)C1. The van der Waals surface area contributed by atoms with Crippen LogP contribution in [0.15, 0.2) is 48.5 Å². The molecule has 36 heavy (non-hydrogen) atoms. The third kappa shape index (κ3) is 5.10. The molecule has 0 radical (unpaired) electrons. The summed E-state index contributed by atoms with van der Waals surface area (Å²) < 4.78 is 6.44. The zero-order valence-corrected chi connectivity index (χ0v) is 20.0. The van der Waals surface area contributed by atoms with Gasteiger partial charge in [-0.05, 0) is 42.2 Å². The van der Waals surface area contributed by atoms with Crippen molar-refractivity contribution in [2.75, 3.05) is 19.6 Å². The molecule has 0 spiro atoms. The quantitative estimate of drug-likeness (QED) is 0.450. The van der Waals surface area contributed by atoms with E-state index in [1.807, 2.05) is 24.3 Å². The van der Waals surface area contributed by atoms with Gasteiger partial charge in [-0.15, -0.1) is 0 Å². The molecular formula is C27H29N5O4. The van der Waals surface area contributed by atoms with Crippen LogP contribution >= 0.6 is 0 Å². The zero-order valence-electron chi connectivity index (χ0n) is 20.0. The van der Waals surface area contributed by atoms with Gasteiger partial charge in [0.15, 0.2) is 0 Å². The van der Waals surface area contributed by atoms with E-state index in [2.05, 4.69) is 33.7 Å². The summed E-state index contributed by atoms with van der Waals surface area (Å²) in [5.74, 6) is -0.270. The molecule has 0 saturated carbocycles. The molecule has 0 aliphatic carbocycles. The number of fused-ring (bicyclic) bond motifs is 1. The minimum atomic E-state index is -0.642. The van der Waals surface area contributed by atoms with Crippen LogP contribution in [0.1, 0.15) is 40.7 Å². The fraction of sp³-hybridized carbons (Fsp3) is 0.407. The zero-order chi connectivity index (χ0) is 25.1. The van der Waals surface area contributed by atoms with E-state index in [0.29, 0.717) is 37.4 Å². The molecule has 3 aliphatic rings.